The quantitative estimate of drug-likeness (QED) is 0.870. The van der Waals surface area contributed by atoms with Crippen LogP contribution in [0.3, 0.4) is 0 Å². The minimum absolute atomic E-state index is 0.0306. The molecule has 1 aromatic heterocycles. The molecule has 2 rings (SSSR count). The maximum atomic E-state index is 12.3. The van der Waals surface area contributed by atoms with Crippen molar-refractivity contribution in [3.8, 4) is 0 Å². The Bertz CT molecular complexity index is 628. The van der Waals surface area contributed by atoms with Crippen molar-refractivity contribution >= 4 is 21.6 Å². The van der Waals surface area contributed by atoms with Crippen molar-refractivity contribution in [3.63, 3.8) is 0 Å². The van der Waals surface area contributed by atoms with Gasteiger partial charge in [-0.1, -0.05) is 0 Å². The molecule has 1 fully saturated rings. The maximum absolute atomic E-state index is 12.3. The smallest absolute Gasteiger partial charge is 0.251 e. The fraction of sp³-hybridized carbons (Fsp3) is 0.571. The van der Waals surface area contributed by atoms with E-state index in [1.165, 1.54) is 0 Å². The molecule has 1 unspecified atom stereocenters. The summed E-state index contributed by atoms with van der Waals surface area (Å²) in [7, 11) is -3.02. The summed E-state index contributed by atoms with van der Waals surface area (Å²) in [5.41, 5.74) is 1.25. The van der Waals surface area contributed by atoms with Gasteiger partial charge in [-0.25, -0.2) is 13.4 Å². The third-order valence-corrected chi connectivity index (χ3v) is 5.19. The minimum Gasteiger partial charge on any atom is -0.370 e. The summed E-state index contributed by atoms with van der Waals surface area (Å²) >= 11 is 0. The van der Waals surface area contributed by atoms with E-state index in [-0.39, 0.29) is 23.5 Å². The Labute approximate surface area is 125 Å². The van der Waals surface area contributed by atoms with Gasteiger partial charge in [0.2, 0.25) is 0 Å². The average molecular weight is 311 g/mol. The second-order valence-corrected chi connectivity index (χ2v) is 7.57. The molecule has 2 heterocycles. The van der Waals surface area contributed by atoms with Crippen LogP contribution in [0, 0.1) is 6.92 Å². The van der Waals surface area contributed by atoms with E-state index in [9.17, 15) is 13.2 Å². The fourth-order valence-electron chi connectivity index (χ4n) is 2.48. The predicted octanol–water partition coefficient (Wildman–Crippen LogP) is 1.13. The van der Waals surface area contributed by atoms with Crippen LogP contribution in [0.15, 0.2) is 12.1 Å². The van der Waals surface area contributed by atoms with Crippen molar-refractivity contribution in [2.45, 2.75) is 32.7 Å². The summed E-state index contributed by atoms with van der Waals surface area (Å²) in [4.78, 5) is 16.6. The van der Waals surface area contributed by atoms with E-state index in [1.807, 2.05) is 13.8 Å². The highest BCUT2D eigenvalue weighted by atomic mass is 32.2. The van der Waals surface area contributed by atoms with Crippen LogP contribution in [0.1, 0.15) is 35.8 Å². The van der Waals surface area contributed by atoms with Gasteiger partial charge in [0.15, 0.2) is 9.84 Å². The first kappa shape index (κ1) is 15.8. The van der Waals surface area contributed by atoms with Crippen molar-refractivity contribution < 1.29 is 13.2 Å². The van der Waals surface area contributed by atoms with E-state index < -0.39 is 9.84 Å². The zero-order valence-corrected chi connectivity index (χ0v) is 13.2. The summed E-state index contributed by atoms with van der Waals surface area (Å²) in [6, 6.07) is 3.09. The summed E-state index contributed by atoms with van der Waals surface area (Å²) in [5, 5.41) is 5.89. The number of anilines is 1. The van der Waals surface area contributed by atoms with Gasteiger partial charge in [-0.2, -0.15) is 0 Å². The number of nitrogens with one attached hydrogen (secondary N) is 2. The molecular weight excluding hydrogens is 290 g/mol. The van der Waals surface area contributed by atoms with Crippen LogP contribution in [0.4, 0.5) is 5.82 Å². The number of amides is 1. The number of aryl methyl sites for hydroxylation is 1. The number of rotatable bonds is 4. The van der Waals surface area contributed by atoms with Gasteiger partial charge >= 0.3 is 0 Å². The predicted molar refractivity (Wildman–Crippen MR) is 82.3 cm³/mol. The van der Waals surface area contributed by atoms with Crippen molar-refractivity contribution in [2.75, 3.05) is 23.4 Å². The van der Waals surface area contributed by atoms with Gasteiger partial charge in [-0.15, -0.1) is 0 Å². The van der Waals surface area contributed by atoms with E-state index in [0.29, 0.717) is 24.2 Å². The largest absolute Gasteiger partial charge is 0.370 e. The Morgan fingerprint density at radius 1 is 1.43 bits per heavy atom. The van der Waals surface area contributed by atoms with Crippen LogP contribution in [-0.2, 0) is 9.84 Å². The zero-order valence-electron chi connectivity index (χ0n) is 12.3. The monoisotopic (exact) mass is 311 g/mol. The lowest BCUT2D eigenvalue weighted by Gasteiger charge is -2.23. The van der Waals surface area contributed by atoms with Gasteiger partial charge in [0, 0.05) is 23.8 Å². The Kier molecular flexibility index (Phi) is 4.82. The molecule has 1 aliphatic heterocycles. The van der Waals surface area contributed by atoms with E-state index in [0.717, 1.165) is 12.2 Å². The molecule has 1 amide bonds. The van der Waals surface area contributed by atoms with Gasteiger partial charge in [-0.05, 0) is 38.8 Å². The highest BCUT2D eigenvalue weighted by molar-refractivity contribution is 7.91. The van der Waals surface area contributed by atoms with Crippen molar-refractivity contribution in [3.05, 3.63) is 23.4 Å². The zero-order chi connectivity index (χ0) is 15.5. The van der Waals surface area contributed by atoms with Gasteiger partial charge in [0.25, 0.3) is 5.91 Å². The van der Waals surface area contributed by atoms with Crippen molar-refractivity contribution in [2.24, 2.45) is 0 Å². The Morgan fingerprint density at radius 2 is 2.19 bits per heavy atom. The molecule has 7 heteroatoms. The molecule has 2 N–H and O–H groups in total. The van der Waals surface area contributed by atoms with Crippen LogP contribution >= 0.6 is 0 Å². The summed E-state index contributed by atoms with van der Waals surface area (Å²) in [6.45, 7) is 4.50. The Hall–Kier alpha value is -1.63. The van der Waals surface area contributed by atoms with Crippen LogP contribution in [-0.4, -0.2) is 43.4 Å². The number of carbonyl (C=O) groups is 1. The topological polar surface area (TPSA) is 88.2 Å². The van der Waals surface area contributed by atoms with Crippen molar-refractivity contribution in [1.29, 1.82) is 0 Å². The molecule has 0 saturated carbocycles. The number of hydrogen-bond donors (Lipinski definition) is 2. The first-order valence-corrected chi connectivity index (χ1v) is 8.95. The number of pyridine rings is 1. The van der Waals surface area contributed by atoms with Crippen LogP contribution in [0.2, 0.25) is 0 Å². The van der Waals surface area contributed by atoms with Crippen LogP contribution < -0.4 is 10.6 Å². The van der Waals surface area contributed by atoms with Crippen LogP contribution in [0.5, 0.6) is 0 Å². The number of sulfone groups is 1. The third-order valence-electron chi connectivity index (χ3n) is 3.37. The van der Waals surface area contributed by atoms with E-state index in [4.69, 9.17) is 0 Å². The molecule has 116 valence electrons. The lowest BCUT2D eigenvalue weighted by Crippen LogP contribution is -2.43. The lowest BCUT2D eigenvalue weighted by atomic mass is 10.1. The van der Waals surface area contributed by atoms with Gasteiger partial charge in [0.1, 0.15) is 5.82 Å². The van der Waals surface area contributed by atoms with E-state index >= 15 is 0 Å². The third kappa shape index (κ3) is 4.42. The molecule has 1 aromatic rings. The number of aromatic nitrogens is 1. The molecule has 0 spiro atoms. The van der Waals surface area contributed by atoms with Gasteiger partial charge in [-0.3, -0.25) is 4.79 Å². The molecule has 6 nitrogen and oxygen atoms in total. The standard InChI is InChI=1S/C14H21N3O3S/c1-3-15-13-8-11(7-10(2)16-13)14(18)17-12-5-4-6-21(19,20)9-12/h7-8,12H,3-6,9H2,1-2H3,(H,15,16)(H,17,18). The second-order valence-electron chi connectivity index (χ2n) is 5.34. The summed E-state index contributed by atoms with van der Waals surface area (Å²) in [5.74, 6) is 0.655. The van der Waals surface area contributed by atoms with E-state index in [2.05, 4.69) is 15.6 Å². The first-order valence-electron chi connectivity index (χ1n) is 7.13. The molecule has 0 aromatic carbocycles. The maximum Gasteiger partial charge on any atom is 0.251 e. The normalized spacial score (nSPS) is 20.8. The number of nitrogens with zero attached hydrogens (tertiary/aromatic N) is 1. The fourth-order valence-corrected chi connectivity index (χ4v) is 4.11. The molecular formula is C14H21N3O3S. The van der Waals surface area contributed by atoms with Gasteiger partial charge < -0.3 is 10.6 Å². The van der Waals surface area contributed by atoms with Gasteiger partial charge in [0.05, 0.1) is 11.5 Å². The molecule has 1 aliphatic rings. The molecule has 1 atom stereocenters. The highest BCUT2D eigenvalue weighted by Gasteiger charge is 2.26. The summed E-state index contributed by atoms with van der Waals surface area (Å²) < 4.78 is 23.2. The van der Waals surface area contributed by atoms with Crippen LogP contribution in [0.25, 0.3) is 0 Å². The molecule has 0 radical (unpaired) electrons. The number of carbonyl (C=O) groups excluding carboxylic acids is 1. The minimum atomic E-state index is -3.02. The second kappa shape index (κ2) is 6.43. The highest BCUT2D eigenvalue weighted by Crippen LogP contribution is 2.14. The van der Waals surface area contributed by atoms with Crippen molar-refractivity contribution in [1.82, 2.24) is 10.3 Å². The Balaban J connectivity index is 2.09. The van der Waals surface area contributed by atoms with E-state index in [1.54, 1.807) is 12.1 Å². The average Bonchev–Trinajstić information content (AvgIpc) is 2.37. The Morgan fingerprint density at radius 3 is 2.86 bits per heavy atom. The molecule has 0 aliphatic carbocycles. The summed E-state index contributed by atoms with van der Waals surface area (Å²) in [6.07, 6.45) is 1.31. The molecule has 0 bridgehead atoms. The lowest BCUT2D eigenvalue weighted by molar-refractivity contribution is 0.0938. The SMILES string of the molecule is CCNc1cc(C(=O)NC2CCCS(=O)(=O)C2)cc(C)n1. The first-order chi connectivity index (χ1) is 9.89. The molecule has 21 heavy (non-hydrogen) atoms. The number of hydrogen-bond acceptors (Lipinski definition) is 5. The molecule has 1 saturated heterocycles.